The Kier molecular flexibility index (Phi) is 3.39. The molecule has 0 saturated heterocycles. The predicted molar refractivity (Wildman–Crippen MR) is 106 cm³/mol. The van der Waals surface area contributed by atoms with E-state index < -0.39 is 5.82 Å². The Morgan fingerprint density at radius 3 is 2.79 bits per heavy atom. The fourth-order valence-corrected chi connectivity index (χ4v) is 3.46. The number of hydrogen-bond acceptors (Lipinski definition) is 5. The van der Waals surface area contributed by atoms with Gasteiger partial charge in [0.15, 0.2) is 0 Å². The zero-order valence-electron chi connectivity index (χ0n) is 14.8. The fourth-order valence-electron chi connectivity index (χ4n) is 3.46. The van der Waals surface area contributed by atoms with Crippen molar-refractivity contribution < 1.29 is 14.2 Å². The zero-order chi connectivity index (χ0) is 19.4. The van der Waals surface area contributed by atoms with E-state index in [9.17, 15) is 9.50 Å². The molecule has 28 heavy (non-hydrogen) atoms. The number of pyridine rings is 2. The Morgan fingerprint density at radius 1 is 1.25 bits per heavy atom. The van der Waals surface area contributed by atoms with Crippen LogP contribution in [0.3, 0.4) is 0 Å². The summed E-state index contributed by atoms with van der Waals surface area (Å²) in [7, 11) is 1.47. The second-order valence-electron chi connectivity index (χ2n) is 6.47. The van der Waals surface area contributed by atoms with Gasteiger partial charge in [-0.05, 0) is 12.2 Å². The highest BCUT2D eigenvalue weighted by atomic mass is 19.1. The summed E-state index contributed by atoms with van der Waals surface area (Å²) >= 11 is 0. The molecule has 0 amide bonds. The summed E-state index contributed by atoms with van der Waals surface area (Å²) in [5.74, 6) is -0.159. The van der Waals surface area contributed by atoms with Crippen molar-refractivity contribution in [3.63, 3.8) is 0 Å². The largest absolute Gasteiger partial charge is 0.494 e. The molecule has 3 N–H and O–H groups in total. The maximum Gasteiger partial charge on any atom is 0.213 e. The molecule has 0 radical (unpaired) electrons. The maximum atomic E-state index is 14.5. The van der Waals surface area contributed by atoms with Crippen LogP contribution in [0.1, 0.15) is 0 Å². The van der Waals surface area contributed by atoms with Gasteiger partial charge in [-0.2, -0.15) is 0 Å². The standard InChI is InChI=1S/C21H15FN4O2/c1-28-17-8-14(15(22)9-24-17)12-6-3-7-13-19(23)18-16(25-20(12)13)10-26(21(18)27)11-4-2-5-11/h2-10,27H,23H2,1H3. The number of halogens is 1. The minimum Gasteiger partial charge on any atom is -0.494 e. The molecule has 0 unspecified atom stereocenters. The summed E-state index contributed by atoms with van der Waals surface area (Å²) in [4.78, 5) is 8.58. The van der Waals surface area contributed by atoms with Crippen LogP contribution in [0.2, 0.25) is 0 Å². The summed E-state index contributed by atoms with van der Waals surface area (Å²) in [6.45, 7) is 0. The number of nitrogens with two attached hydrogens (primary N) is 1. The highest BCUT2D eigenvalue weighted by Gasteiger charge is 2.20. The number of methoxy groups -OCH3 is 1. The normalized spacial score (nSPS) is 13.0. The van der Waals surface area contributed by atoms with Crippen LogP contribution >= 0.6 is 0 Å². The Morgan fingerprint density at radius 2 is 2.07 bits per heavy atom. The summed E-state index contributed by atoms with van der Waals surface area (Å²) in [6, 6.07) is 6.88. The van der Waals surface area contributed by atoms with Gasteiger partial charge in [0.25, 0.3) is 0 Å². The van der Waals surface area contributed by atoms with Crippen molar-refractivity contribution in [2.75, 3.05) is 12.8 Å². The molecule has 1 aromatic carbocycles. The molecular weight excluding hydrogens is 359 g/mol. The lowest BCUT2D eigenvalue weighted by Gasteiger charge is -2.11. The van der Waals surface area contributed by atoms with Gasteiger partial charge in [-0.15, -0.1) is 0 Å². The summed E-state index contributed by atoms with van der Waals surface area (Å²) < 4.78 is 21.3. The third kappa shape index (κ3) is 2.19. The van der Waals surface area contributed by atoms with Crippen LogP contribution in [0.4, 0.5) is 10.1 Å². The number of nitrogens with zero attached hydrogens (tertiary/aromatic N) is 3. The maximum absolute atomic E-state index is 14.5. The van der Waals surface area contributed by atoms with Gasteiger partial charge >= 0.3 is 0 Å². The van der Waals surface area contributed by atoms with E-state index in [0.717, 1.165) is 11.9 Å². The Labute approximate surface area is 159 Å². The molecule has 0 aliphatic heterocycles. The monoisotopic (exact) mass is 374 g/mol. The number of fused-ring (bicyclic) bond motifs is 2. The Balaban J connectivity index is 1.83. The van der Waals surface area contributed by atoms with Gasteiger partial charge in [0.1, 0.15) is 5.82 Å². The number of nitrogen functional groups attached to an aromatic ring is 1. The Bertz CT molecular complexity index is 1340. The average Bonchev–Trinajstić information content (AvgIpc) is 2.97. The second-order valence-corrected chi connectivity index (χ2v) is 6.47. The van der Waals surface area contributed by atoms with Crippen LogP contribution in [-0.2, 0) is 0 Å². The molecule has 0 saturated carbocycles. The van der Waals surface area contributed by atoms with Crippen LogP contribution in [0.15, 0.2) is 54.9 Å². The first-order valence-corrected chi connectivity index (χ1v) is 8.59. The minimum atomic E-state index is -0.487. The van der Waals surface area contributed by atoms with Gasteiger partial charge < -0.3 is 15.6 Å². The quantitative estimate of drug-likeness (QED) is 0.564. The van der Waals surface area contributed by atoms with E-state index in [4.69, 9.17) is 15.5 Å². The van der Waals surface area contributed by atoms with E-state index in [2.05, 4.69) is 4.98 Å². The smallest absolute Gasteiger partial charge is 0.213 e. The molecule has 3 aromatic heterocycles. The molecule has 6 nitrogen and oxygen atoms in total. The van der Waals surface area contributed by atoms with Crippen LogP contribution < -0.4 is 10.5 Å². The van der Waals surface area contributed by atoms with Crippen molar-refractivity contribution in [1.29, 1.82) is 0 Å². The van der Waals surface area contributed by atoms with Crippen LogP contribution in [0.25, 0.3) is 38.6 Å². The van der Waals surface area contributed by atoms with Crippen LogP contribution in [0.5, 0.6) is 11.8 Å². The van der Waals surface area contributed by atoms with E-state index >= 15 is 0 Å². The lowest BCUT2D eigenvalue weighted by molar-refractivity contribution is 0.396. The third-order valence-corrected chi connectivity index (χ3v) is 4.93. The molecule has 0 atom stereocenters. The van der Waals surface area contributed by atoms with Gasteiger partial charge in [0.2, 0.25) is 11.8 Å². The third-order valence-electron chi connectivity index (χ3n) is 4.93. The summed E-state index contributed by atoms with van der Waals surface area (Å²) in [5.41, 5.74) is 9.57. The molecule has 5 rings (SSSR count). The van der Waals surface area contributed by atoms with Crippen molar-refractivity contribution in [3.8, 4) is 22.9 Å². The van der Waals surface area contributed by atoms with Gasteiger partial charge in [0, 0.05) is 34.5 Å². The molecule has 1 aliphatic carbocycles. The molecule has 4 aromatic rings. The van der Waals surface area contributed by atoms with E-state index in [0.29, 0.717) is 44.5 Å². The SMILES string of the molecule is COc1cc(-c2cccc3c(N)c4c(O)n(C5=CC=C5)cc4nc23)c(F)cn1. The van der Waals surface area contributed by atoms with Gasteiger partial charge in [-0.1, -0.05) is 24.3 Å². The molecule has 0 fully saturated rings. The van der Waals surface area contributed by atoms with Crippen molar-refractivity contribution in [1.82, 2.24) is 14.5 Å². The number of benzene rings is 1. The van der Waals surface area contributed by atoms with Crippen molar-refractivity contribution in [3.05, 3.63) is 60.7 Å². The zero-order valence-corrected chi connectivity index (χ0v) is 14.8. The van der Waals surface area contributed by atoms with Crippen LogP contribution in [-0.4, -0.2) is 26.8 Å². The highest BCUT2D eigenvalue weighted by Crippen LogP contribution is 2.41. The molecule has 1 aliphatic rings. The highest BCUT2D eigenvalue weighted by molar-refractivity contribution is 6.12. The molecule has 0 bridgehead atoms. The average molecular weight is 374 g/mol. The first-order valence-electron chi connectivity index (χ1n) is 8.59. The summed E-state index contributed by atoms with van der Waals surface area (Å²) in [6.07, 6.45) is 8.46. The first kappa shape index (κ1) is 16.3. The van der Waals surface area contributed by atoms with E-state index in [-0.39, 0.29) is 5.88 Å². The topological polar surface area (TPSA) is 86.2 Å². The number of aromatic nitrogens is 3. The number of para-hydroxylation sites is 1. The lowest BCUT2D eigenvalue weighted by Crippen LogP contribution is -1.96. The fraction of sp³-hybridized carbons (Fsp3) is 0.0476. The molecule has 7 heteroatoms. The van der Waals surface area contributed by atoms with E-state index in [1.165, 1.54) is 13.2 Å². The second kappa shape index (κ2) is 5.82. The van der Waals surface area contributed by atoms with Crippen molar-refractivity contribution >= 4 is 33.2 Å². The summed E-state index contributed by atoms with van der Waals surface area (Å²) in [5, 5.41) is 11.7. The minimum absolute atomic E-state index is 0.0275. The molecule has 138 valence electrons. The number of anilines is 1. The van der Waals surface area contributed by atoms with E-state index in [1.807, 2.05) is 18.2 Å². The van der Waals surface area contributed by atoms with Crippen molar-refractivity contribution in [2.24, 2.45) is 0 Å². The lowest BCUT2D eigenvalue weighted by atomic mass is 10.0. The van der Waals surface area contributed by atoms with Gasteiger partial charge in [0.05, 0.1) is 35.4 Å². The van der Waals surface area contributed by atoms with Gasteiger partial charge in [-0.25, -0.2) is 14.4 Å². The van der Waals surface area contributed by atoms with Gasteiger partial charge in [-0.3, -0.25) is 4.57 Å². The number of rotatable bonds is 3. The number of aromatic hydroxyl groups is 1. The predicted octanol–water partition coefficient (Wildman–Crippen LogP) is 4.10. The van der Waals surface area contributed by atoms with E-state index in [1.54, 1.807) is 29.0 Å². The molecule has 0 spiro atoms. The number of hydrogen-bond donors (Lipinski definition) is 2. The first-order chi connectivity index (χ1) is 13.6. The van der Waals surface area contributed by atoms with Crippen LogP contribution in [0, 0.1) is 5.82 Å². The number of allylic oxidation sites excluding steroid dienone is 4. The Hall–Kier alpha value is -3.87. The van der Waals surface area contributed by atoms with Crippen molar-refractivity contribution in [2.45, 2.75) is 0 Å². The number of ether oxygens (including phenoxy) is 1. The molecule has 3 heterocycles. The molecular formula is C21H15FN4O2.